The van der Waals surface area contributed by atoms with E-state index in [1.807, 2.05) is 54.7 Å². The van der Waals surface area contributed by atoms with E-state index in [1.165, 1.54) is 0 Å². The Bertz CT molecular complexity index is 937. The van der Waals surface area contributed by atoms with Gasteiger partial charge in [0.05, 0.1) is 11.3 Å². The van der Waals surface area contributed by atoms with E-state index < -0.39 is 0 Å². The number of rotatable bonds is 4. The van der Waals surface area contributed by atoms with E-state index in [2.05, 4.69) is 10.1 Å². The second-order valence-corrected chi connectivity index (χ2v) is 5.43. The normalized spacial score (nSPS) is 11.0. The van der Waals surface area contributed by atoms with Crippen LogP contribution >= 0.6 is 12.2 Å². The average molecular weight is 331 g/mol. The van der Waals surface area contributed by atoms with Crippen molar-refractivity contribution in [1.29, 1.82) is 5.26 Å². The van der Waals surface area contributed by atoms with Gasteiger partial charge in [0.2, 0.25) is 0 Å². The monoisotopic (exact) mass is 331 g/mol. The van der Waals surface area contributed by atoms with Crippen LogP contribution in [0.4, 0.5) is 0 Å². The van der Waals surface area contributed by atoms with Gasteiger partial charge in [0.25, 0.3) is 0 Å². The number of benzene rings is 1. The highest BCUT2D eigenvalue weighted by Gasteiger charge is 2.12. The third-order valence-corrected chi connectivity index (χ3v) is 3.60. The van der Waals surface area contributed by atoms with Crippen molar-refractivity contribution < 1.29 is 0 Å². The van der Waals surface area contributed by atoms with E-state index in [1.54, 1.807) is 23.2 Å². The summed E-state index contributed by atoms with van der Waals surface area (Å²) in [5, 5.41) is 13.9. The first kappa shape index (κ1) is 15.6. The Morgan fingerprint density at radius 3 is 2.62 bits per heavy atom. The van der Waals surface area contributed by atoms with E-state index in [0.29, 0.717) is 5.69 Å². The van der Waals surface area contributed by atoms with Crippen LogP contribution in [0.3, 0.4) is 0 Å². The van der Waals surface area contributed by atoms with Crippen LogP contribution in [-0.2, 0) is 0 Å². The molecule has 0 atom stereocenters. The lowest BCUT2D eigenvalue weighted by molar-refractivity contribution is 0.884. The molecule has 116 valence electrons. The molecule has 24 heavy (non-hydrogen) atoms. The minimum absolute atomic E-state index is 0.0575. The van der Waals surface area contributed by atoms with Crippen LogP contribution in [0.25, 0.3) is 23.0 Å². The number of thiocarbonyl (C=S) groups is 1. The molecule has 0 saturated heterocycles. The lowest BCUT2D eigenvalue weighted by Crippen LogP contribution is -2.09. The lowest BCUT2D eigenvalue weighted by atomic mass is 10.1. The van der Waals surface area contributed by atoms with Gasteiger partial charge in [0.1, 0.15) is 16.8 Å². The van der Waals surface area contributed by atoms with E-state index in [9.17, 15) is 5.26 Å². The van der Waals surface area contributed by atoms with Gasteiger partial charge in [-0.05, 0) is 30.3 Å². The van der Waals surface area contributed by atoms with Gasteiger partial charge in [0.15, 0.2) is 0 Å². The van der Waals surface area contributed by atoms with Crippen LogP contribution in [0.15, 0.2) is 66.6 Å². The van der Waals surface area contributed by atoms with Gasteiger partial charge < -0.3 is 5.73 Å². The molecule has 0 aliphatic carbocycles. The molecule has 0 aliphatic heterocycles. The zero-order valence-electron chi connectivity index (χ0n) is 12.6. The van der Waals surface area contributed by atoms with Gasteiger partial charge in [-0.25, -0.2) is 4.68 Å². The summed E-state index contributed by atoms with van der Waals surface area (Å²) in [6, 6.07) is 15.5. The van der Waals surface area contributed by atoms with Gasteiger partial charge in [-0.15, -0.1) is 0 Å². The first-order chi connectivity index (χ1) is 11.7. The summed E-state index contributed by atoms with van der Waals surface area (Å²) >= 11 is 4.92. The van der Waals surface area contributed by atoms with Crippen molar-refractivity contribution in [3.8, 4) is 23.0 Å². The molecular weight excluding hydrogens is 318 g/mol. The molecule has 0 amide bonds. The summed E-state index contributed by atoms with van der Waals surface area (Å²) in [6.07, 6.45) is 6.91. The zero-order chi connectivity index (χ0) is 16.9. The third-order valence-electron chi connectivity index (χ3n) is 3.38. The van der Waals surface area contributed by atoms with Crippen molar-refractivity contribution in [2.45, 2.75) is 0 Å². The molecule has 2 N–H and O–H groups in total. The van der Waals surface area contributed by atoms with Crippen LogP contribution in [-0.4, -0.2) is 19.8 Å². The molecule has 0 unspecified atom stereocenters. The number of nitrogens with zero attached hydrogens (tertiary/aromatic N) is 4. The molecule has 6 heteroatoms. The number of hydrogen-bond donors (Lipinski definition) is 1. The van der Waals surface area contributed by atoms with Crippen molar-refractivity contribution >= 4 is 23.3 Å². The second-order valence-electron chi connectivity index (χ2n) is 4.99. The van der Waals surface area contributed by atoms with Gasteiger partial charge in [-0.3, -0.25) is 4.98 Å². The molecule has 0 bridgehead atoms. The van der Waals surface area contributed by atoms with Crippen LogP contribution in [0.2, 0.25) is 0 Å². The number of aromatic nitrogens is 3. The molecule has 1 aromatic carbocycles. The van der Waals surface area contributed by atoms with Crippen molar-refractivity contribution in [2.75, 3.05) is 0 Å². The minimum Gasteiger partial charge on any atom is -0.389 e. The average Bonchev–Trinajstić information content (AvgIpc) is 3.05. The van der Waals surface area contributed by atoms with E-state index >= 15 is 0 Å². The van der Waals surface area contributed by atoms with Crippen molar-refractivity contribution in [1.82, 2.24) is 14.8 Å². The molecule has 5 nitrogen and oxygen atoms in total. The maximum Gasteiger partial charge on any atom is 0.114 e. The summed E-state index contributed by atoms with van der Waals surface area (Å²) < 4.78 is 1.75. The predicted molar refractivity (Wildman–Crippen MR) is 97.2 cm³/mol. The summed E-state index contributed by atoms with van der Waals surface area (Å²) in [6.45, 7) is 0. The Balaban J connectivity index is 2.18. The molecule has 2 heterocycles. The third kappa shape index (κ3) is 3.21. The molecule has 2 aromatic heterocycles. The maximum absolute atomic E-state index is 9.22. The summed E-state index contributed by atoms with van der Waals surface area (Å²) in [4.78, 5) is 4.19. The summed E-state index contributed by atoms with van der Waals surface area (Å²) in [5.41, 5.74) is 9.05. The van der Waals surface area contributed by atoms with Gasteiger partial charge in [-0.2, -0.15) is 10.4 Å². The fraction of sp³-hybridized carbons (Fsp3) is 0. The molecule has 0 aliphatic rings. The number of nitriles is 1. The zero-order valence-corrected chi connectivity index (χ0v) is 13.4. The Morgan fingerprint density at radius 2 is 2.00 bits per heavy atom. The molecule has 0 spiro atoms. The molecule has 0 radical (unpaired) electrons. The van der Waals surface area contributed by atoms with Crippen molar-refractivity contribution in [3.63, 3.8) is 0 Å². The van der Waals surface area contributed by atoms with Crippen LogP contribution < -0.4 is 5.73 Å². The Kier molecular flexibility index (Phi) is 4.45. The van der Waals surface area contributed by atoms with Crippen LogP contribution in [0, 0.1) is 11.3 Å². The molecule has 0 saturated carbocycles. The Morgan fingerprint density at radius 1 is 1.21 bits per heavy atom. The topological polar surface area (TPSA) is 80.5 Å². The van der Waals surface area contributed by atoms with E-state index in [-0.39, 0.29) is 10.6 Å². The molecule has 0 fully saturated rings. The summed E-state index contributed by atoms with van der Waals surface area (Å²) in [7, 11) is 0. The van der Waals surface area contributed by atoms with Crippen molar-refractivity contribution in [2.24, 2.45) is 5.73 Å². The van der Waals surface area contributed by atoms with E-state index in [0.717, 1.165) is 16.8 Å². The first-order valence-electron chi connectivity index (χ1n) is 7.16. The number of nitrogens with two attached hydrogens (primary N) is 1. The standard InChI is InChI=1S/C18H13N5S/c19-10-14(18(20)24)9-15-12-23(16-6-2-1-3-7-16)22-17(15)13-5-4-8-21-11-13/h1-9,11-12H,(H2,20,24). The minimum atomic E-state index is 0.0575. The number of para-hydroxylation sites is 1. The smallest absolute Gasteiger partial charge is 0.114 e. The highest BCUT2D eigenvalue weighted by atomic mass is 32.1. The number of pyridine rings is 1. The predicted octanol–water partition coefficient (Wildman–Crippen LogP) is 3.13. The Labute approximate surface area is 144 Å². The molecule has 3 rings (SSSR count). The molecule has 3 aromatic rings. The van der Waals surface area contributed by atoms with E-state index in [4.69, 9.17) is 18.0 Å². The van der Waals surface area contributed by atoms with Gasteiger partial charge in [-0.1, -0.05) is 30.4 Å². The van der Waals surface area contributed by atoms with Crippen LogP contribution in [0.1, 0.15) is 5.56 Å². The van der Waals surface area contributed by atoms with Crippen molar-refractivity contribution in [3.05, 3.63) is 72.2 Å². The highest BCUT2D eigenvalue weighted by Crippen LogP contribution is 2.25. The number of hydrogen-bond acceptors (Lipinski definition) is 4. The van der Waals surface area contributed by atoms with Gasteiger partial charge in [0, 0.05) is 29.7 Å². The lowest BCUT2D eigenvalue weighted by Gasteiger charge is -2.00. The SMILES string of the molecule is N#CC(=Cc1cn(-c2ccccc2)nc1-c1cccnc1)C(N)=S. The largest absolute Gasteiger partial charge is 0.389 e. The molecular formula is C18H13N5S. The fourth-order valence-electron chi connectivity index (χ4n) is 2.25. The second kappa shape index (κ2) is 6.86. The fourth-order valence-corrected chi connectivity index (χ4v) is 2.35. The Hall–Kier alpha value is -3.30. The quantitative estimate of drug-likeness (QED) is 0.451. The van der Waals surface area contributed by atoms with Gasteiger partial charge >= 0.3 is 0 Å². The highest BCUT2D eigenvalue weighted by molar-refractivity contribution is 7.80. The first-order valence-corrected chi connectivity index (χ1v) is 7.57. The van der Waals surface area contributed by atoms with Crippen LogP contribution in [0.5, 0.6) is 0 Å². The maximum atomic E-state index is 9.22. The summed E-state index contributed by atoms with van der Waals surface area (Å²) in [5.74, 6) is 0.